The van der Waals surface area contributed by atoms with Crippen molar-refractivity contribution in [3.8, 4) is 5.75 Å². The van der Waals surface area contributed by atoms with Gasteiger partial charge in [-0.2, -0.15) is 0 Å². The second-order valence-electron chi connectivity index (χ2n) is 6.98. The van der Waals surface area contributed by atoms with E-state index in [0.717, 1.165) is 5.56 Å². The number of nitrogens with one attached hydrogen (secondary N) is 1. The van der Waals surface area contributed by atoms with E-state index in [1.165, 1.54) is 17.3 Å². The lowest BCUT2D eigenvalue weighted by molar-refractivity contribution is -0.118. The van der Waals surface area contributed by atoms with Crippen LogP contribution in [0.25, 0.3) is 0 Å². The molecule has 2 aromatic carbocycles. The summed E-state index contributed by atoms with van der Waals surface area (Å²) in [5, 5.41) is 12.6. The average Bonchev–Trinajstić information content (AvgIpc) is 3.16. The third-order valence-electron chi connectivity index (χ3n) is 4.50. The van der Waals surface area contributed by atoms with E-state index in [2.05, 4.69) is 22.1 Å². The van der Waals surface area contributed by atoms with Crippen molar-refractivity contribution >= 4 is 29.3 Å². The summed E-state index contributed by atoms with van der Waals surface area (Å²) < 4.78 is 7.87. The minimum atomic E-state index is -0.378. The maximum Gasteiger partial charge on any atom is 0.230 e. The molecule has 1 heterocycles. The summed E-state index contributed by atoms with van der Waals surface area (Å²) in [6.45, 7) is 8.73. The fraction of sp³-hybridized carbons (Fsp3) is 0.261. The monoisotopic (exact) mass is 456 g/mol. The molecule has 1 amide bonds. The van der Waals surface area contributed by atoms with Crippen LogP contribution in [0, 0.1) is 6.92 Å². The Morgan fingerprint density at radius 3 is 2.71 bits per heavy atom. The van der Waals surface area contributed by atoms with Crippen LogP contribution in [0.1, 0.15) is 30.0 Å². The first-order chi connectivity index (χ1) is 15.0. The minimum Gasteiger partial charge on any atom is -0.481 e. The van der Waals surface area contributed by atoms with E-state index in [0.29, 0.717) is 34.8 Å². The molecule has 3 rings (SSSR count). The standard InChI is InChI=1S/C23H25ClN4O2S/c1-4-13-28-22(17(3)30-20-8-6-5-7-19(20)24)26-27-23(28)31-15-21(29)25-14-18-11-9-16(2)10-12-18/h4-12,17H,1,13-15H2,2-3H3,(H,25,29). The van der Waals surface area contributed by atoms with E-state index in [4.69, 9.17) is 16.3 Å². The van der Waals surface area contributed by atoms with Crippen LogP contribution in [0.2, 0.25) is 5.02 Å². The van der Waals surface area contributed by atoms with Crippen LogP contribution in [-0.4, -0.2) is 26.4 Å². The Bertz CT molecular complexity index is 1040. The zero-order valence-corrected chi connectivity index (χ0v) is 19.1. The highest BCUT2D eigenvalue weighted by molar-refractivity contribution is 7.99. The molecule has 0 spiro atoms. The first kappa shape index (κ1) is 22.9. The van der Waals surface area contributed by atoms with Gasteiger partial charge in [-0.15, -0.1) is 16.8 Å². The Kier molecular flexibility index (Phi) is 8.14. The van der Waals surface area contributed by atoms with E-state index >= 15 is 0 Å². The molecule has 0 bridgehead atoms. The number of carbonyl (C=O) groups excluding carboxylic acids is 1. The average molecular weight is 457 g/mol. The second kappa shape index (κ2) is 11.0. The lowest BCUT2D eigenvalue weighted by atomic mass is 10.1. The largest absolute Gasteiger partial charge is 0.481 e. The minimum absolute atomic E-state index is 0.0688. The van der Waals surface area contributed by atoms with Gasteiger partial charge in [0.1, 0.15) is 5.75 Å². The van der Waals surface area contributed by atoms with Crippen molar-refractivity contribution < 1.29 is 9.53 Å². The van der Waals surface area contributed by atoms with E-state index in [1.807, 2.05) is 54.8 Å². The van der Waals surface area contributed by atoms with Gasteiger partial charge in [0.05, 0.1) is 10.8 Å². The van der Waals surface area contributed by atoms with Gasteiger partial charge in [-0.3, -0.25) is 9.36 Å². The smallest absolute Gasteiger partial charge is 0.230 e. The molecule has 31 heavy (non-hydrogen) atoms. The molecule has 0 aliphatic carbocycles. The Balaban J connectivity index is 1.61. The summed E-state index contributed by atoms with van der Waals surface area (Å²) in [5.74, 6) is 1.39. The van der Waals surface area contributed by atoms with Gasteiger partial charge in [-0.25, -0.2) is 0 Å². The molecule has 0 radical (unpaired) electrons. The number of aryl methyl sites for hydroxylation is 1. The van der Waals surface area contributed by atoms with E-state index in [1.54, 1.807) is 18.2 Å². The number of ether oxygens (including phenoxy) is 1. The molecular formula is C23H25ClN4O2S. The summed E-state index contributed by atoms with van der Waals surface area (Å²) in [7, 11) is 0. The molecule has 1 aromatic heterocycles. The predicted molar refractivity (Wildman–Crippen MR) is 124 cm³/mol. The molecule has 8 heteroatoms. The Labute approximate surface area is 191 Å². The molecule has 0 aliphatic heterocycles. The molecule has 0 fully saturated rings. The molecule has 0 saturated heterocycles. The highest BCUT2D eigenvalue weighted by atomic mass is 35.5. The van der Waals surface area contributed by atoms with Gasteiger partial charge in [0.25, 0.3) is 0 Å². The molecular weight excluding hydrogens is 432 g/mol. The number of amides is 1. The summed E-state index contributed by atoms with van der Waals surface area (Å²) in [5.41, 5.74) is 2.25. The molecule has 1 unspecified atom stereocenters. The zero-order chi connectivity index (χ0) is 22.2. The molecule has 1 atom stereocenters. The fourth-order valence-electron chi connectivity index (χ4n) is 2.88. The lowest BCUT2D eigenvalue weighted by Gasteiger charge is -2.16. The van der Waals surface area contributed by atoms with Crippen molar-refractivity contribution in [2.45, 2.75) is 38.2 Å². The van der Waals surface area contributed by atoms with Gasteiger partial charge in [0.15, 0.2) is 17.1 Å². The van der Waals surface area contributed by atoms with Gasteiger partial charge in [-0.05, 0) is 31.5 Å². The van der Waals surface area contributed by atoms with Crippen molar-refractivity contribution in [1.82, 2.24) is 20.1 Å². The summed E-state index contributed by atoms with van der Waals surface area (Å²) in [6, 6.07) is 15.4. The van der Waals surface area contributed by atoms with Gasteiger partial charge < -0.3 is 10.1 Å². The molecule has 3 aromatic rings. The first-order valence-electron chi connectivity index (χ1n) is 9.88. The predicted octanol–water partition coefficient (Wildman–Crippen LogP) is 4.97. The Hall–Kier alpha value is -2.77. The van der Waals surface area contributed by atoms with Crippen LogP contribution in [0.3, 0.4) is 0 Å². The number of rotatable bonds is 10. The molecule has 6 nitrogen and oxygen atoms in total. The quantitative estimate of drug-likeness (QED) is 0.344. The normalized spacial score (nSPS) is 11.7. The number of thioether (sulfide) groups is 1. The van der Waals surface area contributed by atoms with Gasteiger partial charge >= 0.3 is 0 Å². The van der Waals surface area contributed by atoms with Crippen LogP contribution in [0.5, 0.6) is 5.75 Å². The highest BCUT2D eigenvalue weighted by Gasteiger charge is 2.20. The maximum absolute atomic E-state index is 12.3. The zero-order valence-electron chi connectivity index (χ0n) is 17.5. The SMILES string of the molecule is C=CCn1c(SCC(=O)NCc2ccc(C)cc2)nnc1C(C)Oc1ccccc1Cl. The third kappa shape index (κ3) is 6.35. The first-order valence-corrected chi connectivity index (χ1v) is 11.2. The van der Waals surface area contributed by atoms with Gasteiger partial charge in [0.2, 0.25) is 5.91 Å². The van der Waals surface area contributed by atoms with Crippen LogP contribution in [-0.2, 0) is 17.9 Å². The molecule has 1 N–H and O–H groups in total. The topological polar surface area (TPSA) is 69.0 Å². The van der Waals surface area contributed by atoms with Crippen LogP contribution >= 0.6 is 23.4 Å². The number of benzene rings is 2. The number of aromatic nitrogens is 3. The number of nitrogens with zero attached hydrogens (tertiary/aromatic N) is 3. The Morgan fingerprint density at radius 2 is 2.00 bits per heavy atom. The van der Waals surface area contributed by atoms with Crippen molar-refractivity contribution in [3.05, 3.63) is 83.2 Å². The number of para-hydroxylation sites is 1. The third-order valence-corrected chi connectivity index (χ3v) is 5.78. The van der Waals surface area contributed by atoms with Crippen molar-refractivity contribution in [2.24, 2.45) is 0 Å². The fourth-order valence-corrected chi connectivity index (χ4v) is 3.84. The highest BCUT2D eigenvalue weighted by Crippen LogP contribution is 2.29. The second-order valence-corrected chi connectivity index (χ2v) is 8.33. The van der Waals surface area contributed by atoms with E-state index in [9.17, 15) is 4.79 Å². The van der Waals surface area contributed by atoms with Crippen LogP contribution < -0.4 is 10.1 Å². The van der Waals surface area contributed by atoms with E-state index < -0.39 is 0 Å². The number of halogens is 1. The van der Waals surface area contributed by atoms with Crippen molar-refractivity contribution in [1.29, 1.82) is 0 Å². The van der Waals surface area contributed by atoms with Crippen molar-refractivity contribution in [2.75, 3.05) is 5.75 Å². The lowest BCUT2D eigenvalue weighted by Crippen LogP contribution is -2.24. The maximum atomic E-state index is 12.3. The number of hydrogen-bond donors (Lipinski definition) is 1. The number of allylic oxidation sites excluding steroid dienone is 1. The van der Waals surface area contributed by atoms with E-state index in [-0.39, 0.29) is 17.8 Å². The summed E-state index contributed by atoms with van der Waals surface area (Å²) in [4.78, 5) is 12.3. The van der Waals surface area contributed by atoms with Crippen LogP contribution in [0.15, 0.2) is 66.3 Å². The summed E-state index contributed by atoms with van der Waals surface area (Å²) in [6.07, 6.45) is 1.38. The molecule has 0 aliphatic rings. The van der Waals surface area contributed by atoms with Gasteiger partial charge in [-0.1, -0.05) is 71.4 Å². The molecule has 162 valence electrons. The molecule has 0 saturated carbocycles. The number of carbonyl (C=O) groups is 1. The van der Waals surface area contributed by atoms with Gasteiger partial charge in [0, 0.05) is 13.1 Å². The Morgan fingerprint density at radius 1 is 1.26 bits per heavy atom. The van der Waals surface area contributed by atoms with Crippen molar-refractivity contribution in [3.63, 3.8) is 0 Å². The summed E-state index contributed by atoms with van der Waals surface area (Å²) >= 11 is 7.52. The number of hydrogen-bond acceptors (Lipinski definition) is 5. The van der Waals surface area contributed by atoms with Crippen LogP contribution in [0.4, 0.5) is 0 Å².